The fourth-order valence-corrected chi connectivity index (χ4v) is 2.72. The molecule has 8 heteroatoms. The van der Waals surface area contributed by atoms with E-state index in [2.05, 4.69) is 10.6 Å². The van der Waals surface area contributed by atoms with Gasteiger partial charge in [0, 0.05) is 19.0 Å². The van der Waals surface area contributed by atoms with E-state index < -0.39 is 17.5 Å². The zero-order valence-corrected chi connectivity index (χ0v) is 16.1. The van der Waals surface area contributed by atoms with Gasteiger partial charge in [0.25, 0.3) is 5.56 Å². The molecule has 0 bridgehead atoms. The number of carbonyl (C=O) groups excluding carboxylic acids is 4. The number of aryl methyl sites for hydroxylation is 1. The van der Waals surface area contributed by atoms with Crippen LogP contribution in [-0.2, 0) is 32.1 Å². The summed E-state index contributed by atoms with van der Waals surface area (Å²) in [4.78, 5) is 58.8. The first kappa shape index (κ1) is 21.7. The number of anilines is 1. The SMILES string of the molecule is CC(=O)CC(C=O)NC(=O)Cn1cccc(NC(=O)CCc2ccccc2)c1=O. The van der Waals surface area contributed by atoms with Gasteiger partial charge in [0.1, 0.15) is 24.3 Å². The van der Waals surface area contributed by atoms with Gasteiger partial charge in [-0.25, -0.2) is 0 Å². The Labute approximate surface area is 167 Å². The number of benzene rings is 1. The van der Waals surface area contributed by atoms with Crippen LogP contribution in [0, 0.1) is 0 Å². The van der Waals surface area contributed by atoms with Crippen molar-refractivity contribution < 1.29 is 19.2 Å². The van der Waals surface area contributed by atoms with E-state index >= 15 is 0 Å². The van der Waals surface area contributed by atoms with E-state index in [1.165, 1.54) is 25.3 Å². The van der Waals surface area contributed by atoms with Crippen molar-refractivity contribution in [1.29, 1.82) is 0 Å². The average Bonchev–Trinajstić information content (AvgIpc) is 2.69. The quantitative estimate of drug-likeness (QED) is 0.583. The maximum absolute atomic E-state index is 12.5. The summed E-state index contributed by atoms with van der Waals surface area (Å²) in [5, 5.41) is 4.96. The molecular formula is C21H23N3O5. The number of Topliss-reactive ketones (excluding diaryl/α,β-unsaturated/α-hetero) is 1. The van der Waals surface area contributed by atoms with Gasteiger partial charge < -0.3 is 20.0 Å². The second-order valence-corrected chi connectivity index (χ2v) is 6.60. The van der Waals surface area contributed by atoms with Crippen LogP contribution in [0.15, 0.2) is 53.5 Å². The Morgan fingerprint density at radius 2 is 1.79 bits per heavy atom. The Hall–Kier alpha value is -3.55. The summed E-state index contributed by atoms with van der Waals surface area (Å²) in [5.41, 5.74) is 0.541. The van der Waals surface area contributed by atoms with Gasteiger partial charge in [-0.1, -0.05) is 30.3 Å². The molecule has 29 heavy (non-hydrogen) atoms. The van der Waals surface area contributed by atoms with Crippen molar-refractivity contribution in [1.82, 2.24) is 9.88 Å². The molecule has 0 aliphatic heterocycles. The molecule has 0 spiro atoms. The van der Waals surface area contributed by atoms with Crippen molar-refractivity contribution in [2.75, 3.05) is 5.32 Å². The predicted molar refractivity (Wildman–Crippen MR) is 107 cm³/mol. The van der Waals surface area contributed by atoms with E-state index in [-0.39, 0.29) is 36.8 Å². The van der Waals surface area contributed by atoms with Gasteiger partial charge in [0.05, 0.1) is 6.04 Å². The van der Waals surface area contributed by atoms with Crippen molar-refractivity contribution in [3.8, 4) is 0 Å². The molecule has 0 aliphatic carbocycles. The highest BCUT2D eigenvalue weighted by Crippen LogP contribution is 2.05. The monoisotopic (exact) mass is 397 g/mol. The zero-order chi connectivity index (χ0) is 21.2. The van der Waals surface area contributed by atoms with Crippen LogP contribution in [0.1, 0.15) is 25.3 Å². The third-order valence-electron chi connectivity index (χ3n) is 4.11. The molecule has 0 aliphatic rings. The Morgan fingerprint density at radius 3 is 2.45 bits per heavy atom. The molecule has 8 nitrogen and oxygen atoms in total. The minimum atomic E-state index is -0.934. The molecule has 1 aromatic carbocycles. The number of hydrogen-bond donors (Lipinski definition) is 2. The smallest absolute Gasteiger partial charge is 0.274 e. The first-order chi connectivity index (χ1) is 13.9. The van der Waals surface area contributed by atoms with Crippen LogP contribution in [-0.4, -0.2) is 34.5 Å². The lowest BCUT2D eigenvalue weighted by Gasteiger charge is -2.13. The van der Waals surface area contributed by atoms with Crippen LogP contribution >= 0.6 is 0 Å². The highest BCUT2D eigenvalue weighted by molar-refractivity contribution is 5.90. The van der Waals surface area contributed by atoms with Gasteiger partial charge in [-0.2, -0.15) is 0 Å². The van der Waals surface area contributed by atoms with Gasteiger partial charge in [-0.15, -0.1) is 0 Å². The first-order valence-corrected chi connectivity index (χ1v) is 9.16. The number of nitrogens with one attached hydrogen (secondary N) is 2. The van der Waals surface area contributed by atoms with Gasteiger partial charge in [0.15, 0.2) is 0 Å². The van der Waals surface area contributed by atoms with E-state index in [4.69, 9.17) is 0 Å². The molecule has 2 N–H and O–H groups in total. The summed E-state index contributed by atoms with van der Waals surface area (Å²) in [6.07, 6.45) is 2.53. The van der Waals surface area contributed by atoms with Gasteiger partial charge in [0.2, 0.25) is 11.8 Å². The summed E-state index contributed by atoms with van der Waals surface area (Å²) < 4.78 is 1.12. The number of ketones is 1. The molecule has 2 aromatic rings. The first-order valence-electron chi connectivity index (χ1n) is 9.16. The van der Waals surface area contributed by atoms with Crippen LogP contribution in [0.3, 0.4) is 0 Å². The lowest BCUT2D eigenvalue weighted by Crippen LogP contribution is -2.40. The fraction of sp³-hybridized carbons (Fsp3) is 0.286. The van der Waals surface area contributed by atoms with Crippen LogP contribution in [0.4, 0.5) is 5.69 Å². The molecule has 2 rings (SSSR count). The molecule has 0 saturated heterocycles. The molecule has 0 radical (unpaired) electrons. The number of hydrogen-bond acceptors (Lipinski definition) is 5. The number of aromatic nitrogens is 1. The van der Waals surface area contributed by atoms with Gasteiger partial charge in [-0.3, -0.25) is 19.2 Å². The molecule has 0 saturated carbocycles. The largest absolute Gasteiger partial charge is 0.345 e. The van der Waals surface area contributed by atoms with Gasteiger partial charge in [-0.05, 0) is 31.0 Å². The Morgan fingerprint density at radius 1 is 1.07 bits per heavy atom. The highest BCUT2D eigenvalue weighted by atomic mass is 16.2. The van der Waals surface area contributed by atoms with Crippen molar-refractivity contribution in [2.45, 2.75) is 38.8 Å². The topological polar surface area (TPSA) is 114 Å². The van der Waals surface area contributed by atoms with E-state index in [1.54, 1.807) is 0 Å². The third-order valence-corrected chi connectivity index (χ3v) is 4.11. The Bertz CT molecular complexity index is 937. The summed E-state index contributed by atoms with van der Waals surface area (Å²) >= 11 is 0. The van der Waals surface area contributed by atoms with E-state index in [9.17, 15) is 24.0 Å². The predicted octanol–water partition coefficient (Wildman–Crippen LogP) is 1.08. The van der Waals surface area contributed by atoms with Crippen LogP contribution in [0.2, 0.25) is 0 Å². The fourth-order valence-electron chi connectivity index (χ4n) is 2.72. The standard InChI is InChI=1S/C21H23N3O5/c1-15(26)12-17(14-25)22-20(28)13-24-11-5-8-18(21(24)29)23-19(27)10-9-16-6-3-2-4-7-16/h2-8,11,14,17H,9-10,12-13H2,1H3,(H,22,28)(H,23,27). The number of carbonyl (C=O) groups is 4. The molecule has 1 heterocycles. The number of rotatable bonds is 10. The molecule has 1 aromatic heterocycles. The number of aldehydes is 1. The summed E-state index contributed by atoms with van der Waals surface area (Å²) in [5.74, 6) is -1.13. The summed E-state index contributed by atoms with van der Waals surface area (Å²) in [6, 6.07) is 11.6. The minimum Gasteiger partial charge on any atom is -0.345 e. The maximum Gasteiger partial charge on any atom is 0.274 e. The molecule has 2 amide bonds. The average molecular weight is 397 g/mol. The lowest BCUT2D eigenvalue weighted by molar-refractivity contribution is -0.126. The number of nitrogens with zero attached hydrogens (tertiary/aromatic N) is 1. The van der Waals surface area contributed by atoms with Crippen molar-refractivity contribution in [3.05, 3.63) is 64.6 Å². The van der Waals surface area contributed by atoms with Crippen LogP contribution in [0.5, 0.6) is 0 Å². The molecule has 0 fully saturated rings. The highest BCUT2D eigenvalue weighted by Gasteiger charge is 2.15. The zero-order valence-electron chi connectivity index (χ0n) is 16.1. The number of pyridine rings is 1. The van der Waals surface area contributed by atoms with Crippen LogP contribution < -0.4 is 16.2 Å². The second-order valence-electron chi connectivity index (χ2n) is 6.60. The van der Waals surface area contributed by atoms with E-state index in [0.29, 0.717) is 12.7 Å². The molecule has 1 atom stereocenters. The molecular weight excluding hydrogens is 374 g/mol. The second kappa shape index (κ2) is 10.7. The maximum atomic E-state index is 12.5. The lowest BCUT2D eigenvalue weighted by atomic mass is 10.1. The van der Waals surface area contributed by atoms with Crippen molar-refractivity contribution >= 4 is 29.6 Å². The molecule has 152 valence electrons. The number of amides is 2. The summed E-state index contributed by atoms with van der Waals surface area (Å²) in [7, 11) is 0. The van der Waals surface area contributed by atoms with Crippen molar-refractivity contribution in [3.63, 3.8) is 0 Å². The summed E-state index contributed by atoms with van der Waals surface area (Å²) in [6.45, 7) is 0.978. The van der Waals surface area contributed by atoms with Crippen LogP contribution in [0.25, 0.3) is 0 Å². The Balaban J connectivity index is 1.96. The minimum absolute atomic E-state index is 0.0639. The van der Waals surface area contributed by atoms with Gasteiger partial charge >= 0.3 is 0 Å². The normalized spacial score (nSPS) is 11.3. The molecule has 1 unspecified atom stereocenters. The van der Waals surface area contributed by atoms with E-state index in [1.807, 2.05) is 30.3 Å². The third kappa shape index (κ3) is 7.17. The van der Waals surface area contributed by atoms with E-state index in [0.717, 1.165) is 10.1 Å². The van der Waals surface area contributed by atoms with Crippen molar-refractivity contribution in [2.24, 2.45) is 0 Å². The Kier molecular flexibility index (Phi) is 8.02.